The Morgan fingerprint density at radius 2 is 2.09 bits per heavy atom. The molecule has 0 aromatic carbocycles. The molecule has 1 aromatic rings. The molecule has 22 heavy (non-hydrogen) atoms. The Bertz CT molecular complexity index is 515. The molecule has 120 valence electrons. The molecule has 1 amide bonds. The van der Waals surface area contributed by atoms with Crippen LogP contribution in [-0.4, -0.2) is 53.0 Å². The molecule has 1 N–H and O–H groups in total. The van der Waals surface area contributed by atoms with Crippen molar-refractivity contribution in [2.45, 2.75) is 45.1 Å². The second kappa shape index (κ2) is 6.94. The molecule has 0 spiro atoms. The summed E-state index contributed by atoms with van der Waals surface area (Å²) in [7, 11) is 0. The first-order chi connectivity index (χ1) is 10.8. The molecule has 1 atom stereocenters. The molecule has 3 heterocycles. The number of anilines is 2. The Kier molecular flexibility index (Phi) is 4.75. The predicted octanol–water partition coefficient (Wildman–Crippen LogP) is 1.89. The summed E-state index contributed by atoms with van der Waals surface area (Å²) in [5.74, 6) is 2.06. The summed E-state index contributed by atoms with van der Waals surface area (Å²) in [6.07, 6.45) is 6.96. The van der Waals surface area contributed by atoms with Gasteiger partial charge in [0, 0.05) is 38.7 Å². The van der Waals surface area contributed by atoms with Crippen LogP contribution in [0.15, 0.2) is 12.4 Å². The third kappa shape index (κ3) is 3.48. The molecule has 6 nitrogen and oxygen atoms in total. The lowest BCUT2D eigenvalue weighted by molar-refractivity contribution is -0.127. The zero-order chi connectivity index (χ0) is 15.4. The SMILES string of the molecule is CCCN1CC(Nc2cc(N3CCCCC3)ncn2)CC1=O. The lowest BCUT2D eigenvalue weighted by atomic mass is 10.1. The molecule has 2 aliphatic rings. The quantitative estimate of drug-likeness (QED) is 0.900. The smallest absolute Gasteiger partial charge is 0.224 e. The van der Waals surface area contributed by atoms with E-state index < -0.39 is 0 Å². The number of nitrogens with one attached hydrogen (secondary N) is 1. The van der Waals surface area contributed by atoms with Crippen LogP contribution in [0, 0.1) is 0 Å². The summed E-state index contributed by atoms with van der Waals surface area (Å²) in [6, 6.07) is 2.17. The molecule has 3 rings (SSSR count). The average molecular weight is 303 g/mol. The Hall–Kier alpha value is -1.85. The van der Waals surface area contributed by atoms with Crippen LogP contribution in [0.25, 0.3) is 0 Å². The molecule has 1 aromatic heterocycles. The topological polar surface area (TPSA) is 61.4 Å². The minimum atomic E-state index is 0.156. The van der Waals surface area contributed by atoms with E-state index in [-0.39, 0.29) is 11.9 Å². The van der Waals surface area contributed by atoms with Crippen LogP contribution in [0.2, 0.25) is 0 Å². The van der Waals surface area contributed by atoms with Gasteiger partial charge in [-0.25, -0.2) is 9.97 Å². The van der Waals surface area contributed by atoms with E-state index in [1.807, 2.05) is 11.0 Å². The lowest BCUT2D eigenvalue weighted by Crippen LogP contribution is -2.31. The summed E-state index contributed by atoms with van der Waals surface area (Å²) in [6.45, 7) is 5.87. The van der Waals surface area contributed by atoms with Gasteiger partial charge in [0.15, 0.2) is 0 Å². The zero-order valence-electron chi connectivity index (χ0n) is 13.3. The fraction of sp³-hybridized carbons (Fsp3) is 0.688. The molecule has 6 heteroatoms. The van der Waals surface area contributed by atoms with Crippen molar-refractivity contribution < 1.29 is 4.79 Å². The standard InChI is InChI=1S/C16H25N5O/c1-2-6-21-11-13(9-16(21)22)19-14-10-15(18-12-17-14)20-7-4-3-5-8-20/h10,12-13H,2-9,11H2,1H3,(H,17,18,19). The first kappa shape index (κ1) is 15.1. The van der Waals surface area contributed by atoms with Gasteiger partial charge >= 0.3 is 0 Å². The van der Waals surface area contributed by atoms with Crippen LogP contribution in [0.4, 0.5) is 11.6 Å². The first-order valence-electron chi connectivity index (χ1n) is 8.37. The third-order valence-corrected chi connectivity index (χ3v) is 4.39. The van der Waals surface area contributed by atoms with Gasteiger partial charge in [0.25, 0.3) is 0 Å². The molecule has 1 unspecified atom stereocenters. The van der Waals surface area contributed by atoms with Crippen molar-refractivity contribution >= 4 is 17.5 Å². The summed E-state index contributed by atoms with van der Waals surface area (Å²) in [4.78, 5) is 24.9. The normalized spacial score (nSPS) is 22.2. The van der Waals surface area contributed by atoms with Crippen LogP contribution in [-0.2, 0) is 4.79 Å². The highest BCUT2D eigenvalue weighted by Crippen LogP contribution is 2.21. The van der Waals surface area contributed by atoms with Gasteiger partial charge in [0.05, 0.1) is 6.04 Å². The minimum Gasteiger partial charge on any atom is -0.365 e. The Morgan fingerprint density at radius 1 is 1.27 bits per heavy atom. The summed E-state index contributed by atoms with van der Waals surface area (Å²) in [5, 5.41) is 3.40. The van der Waals surface area contributed by atoms with E-state index in [0.29, 0.717) is 6.42 Å². The predicted molar refractivity (Wildman–Crippen MR) is 87.0 cm³/mol. The second-order valence-corrected chi connectivity index (χ2v) is 6.19. The number of rotatable bonds is 5. The highest BCUT2D eigenvalue weighted by Gasteiger charge is 2.29. The van der Waals surface area contributed by atoms with Crippen molar-refractivity contribution in [3.05, 3.63) is 12.4 Å². The fourth-order valence-corrected chi connectivity index (χ4v) is 3.29. The maximum atomic E-state index is 11.9. The van der Waals surface area contributed by atoms with E-state index in [4.69, 9.17) is 0 Å². The van der Waals surface area contributed by atoms with E-state index in [2.05, 4.69) is 27.1 Å². The van der Waals surface area contributed by atoms with E-state index in [1.165, 1.54) is 19.3 Å². The van der Waals surface area contributed by atoms with Gasteiger partial charge in [-0.3, -0.25) is 4.79 Å². The number of carbonyl (C=O) groups excluding carboxylic acids is 1. The van der Waals surface area contributed by atoms with Gasteiger partial charge in [-0.1, -0.05) is 6.92 Å². The highest BCUT2D eigenvalue weighted by atomic mass is 16.2. The molecule has 2 fully saturated rings. The summed E-state index contributed by atoms with van der Waals surface area (Å²) >= 11 is 0. The molecule has 0 saturated carbocycles. The number of piperidine rings is 1. The van der Waals surface area contributed by atoms with E-state index in [0.717, 1.165) is 44.2 Å². The zero-order valence-corrected chi connectivity index (χ0v) is 13.3. The van der Waals surface area contributed by atoms with Crippen molar-refractivity contribution in [2.24, 2.45) is 0 Å². The molecular formula is C16H25N5O. The van der Waals surface area contributed by atoms with Gasteiger partial charge < -0.3 is 15.1 Å². The lowest BCUT2D eigenvalue weighted by Gasteiger charge is -2.27. The van der Waals surface area contributed by atoms with Crippen LogP contribution in [0.3, 0.4) is 0 Å². The Balaban J connectivity index is 1.62. The van der Waals surface area contributed by atoms with Crippen LogP contribution in [0.5, 0.6) is 0 Å². The summed E-state index contributed by atoms with van der Waals surface area (Å²) < 4.78 is 0. The Labute approximate surface area is 131 Å². The number of hydrogen-bond donors (Lipinski definition) is 1. The van der Waals surface area contributed by atoms with E-state index >= 15 is 0 Å². The third-order valence-electron chi connectivity index (χ3n) is 4.39. The van der Waals surface area contributed by atoms with E-state index in [9.17, 15) is 4.79 Å². The highest BCUT2D eigenvalue weighted by molar-refractivity contribution is 5.80. The molecular weight excluding hydrogens is 278 g/mol. The van der Waals surface area contributed by atoms with Crippen LogP contribution < -0.4 is 10.2 Å². The molecule has 0 radical (unpaired) electrons. The second-order valence-electron chi connectivity index (χ2n) is 6.19. The fourth-order valence-electron chi connectivity index (χ4n) is 3.29. The van der Waals surface area contributed by atoms with Gasteiger partial charge in [-0.2, -0.15) is 0 Å². The minimum absolute atomic E-state index is 0.156. The van der Waals surface area contributed by atoms with E-state index in [1.54, 1.807) is 6.33 Å². The van der Waals surface area contributed by atoms with Crippen molar-refractivity contribution in [3.8, 4) is 0 Å². The summed E-state index contributed by atoms with van der Waals surface area (Å²) in [5.41, 5.74) is 0. The molecule has 0 aliphatic carbocycles. The number of hydrogen-bond acceptors (Lipinski definition) is 5. The average Bonchev–Trinajstić information content (AvgIpc) is 2.88. The number of aromatic nitrogens is 2. The molecule has 0 bridgehead atoms. The van der Waals surface area contributed by atoms with Gasteiger partial charge in [0.1, 0.15) is 18.0 Å². The van der Waals surface area contributed by atoms with Gasteiger partial charge in [-0.05, 0) is 25.7 Å². The van der Waals surface area contributed by atoms with Crippen molar-refractivity contribution in [1.29, 1.82) is 0 Å². The first-order valence-corrected chi connectivity index (χ1v) is 8.37. The van der Waals surface area contributed by atoms with Crippen molar-refractivity contribution in [2.75, 3.05) is 36.4 Å². The number of nitrogens with zero attached hydrogens (tertiary/aromatic N) is 4. The number of amides is 1. The Morgan fingerprint density at radius 3 is 2.86 bits per heavy atom. The van der Waals surface area contributed by atoms with Crippen LogP contribution in [0.1, 0.15) is 39.0 Å². The largest absolute Gasteiger partial charge is 0.365 e. The molecule has 2 saturated heterocycles. The maximum Gasteiger partial charge on any atom is 0.224 e. The maximum absolute atomic E-state index is 11.9. The monoisotopic (exact) mass is 303 g/mol. The van der Waals surface area contributed by atoms with Crippen LogP contribution >= 0.6 is 0 Å². The van der Waals surface area contributed by atoms with Crippen molar-refractivity contribution in [3.63, 3.8) is 0 Å². The van der Waals surface area contributed by atoms with Crippen molar-refractivity contribution in [1.82, 2.24) is 14.9 Å². The molecule has 2 aliphatic heterocycles. The number of likely N-dealkylation sites (tertiary alicyclic amines) is 1. The number of carbonyl (C=O) groups is 1. The van der Waals surface area contributed by atoms with Gasteiger partial charge in [0.2, 0.25) is 5.91 Å². The van der Waals surface area contributed by atoms with Gasteiger partial charge in [-0.15, -0.1) is 0 Å².